The summed E-state index contributed by atoms with van der Waals surface area (Å²) in [6, 6.07) is 0.0513. The average Bonchev–Trinajstić information content (AvgIpc) is 2.99. The molecule has 0 radical (unpaired) electrons. The summed E-state index contributed by atoms with van der Waals surface area (Å²) in [5.41, 5.74) is 0.0734. The number of furan rings is 1. The number of fused-ring (bicyclic) bond motifs is 1. The first-order valence-corrected chi connectivity index (χ1v) is 9.12. The van der Waals surface area contributed by atoms with Gasteiger partial charge in [-0.3, -0.25) is 14.4 Å². The maximum absolute atomic E-state index is 13.1. The highest BCUT2D eigenvalue weighted by Gasteiger charge is 2.34. The molecule has 2 aliphatic heterocycles. The van der Waals surface area contributed by atoms with E-state index < -0.39 is 0 Å². The van der Waals surface area contributed by atoms with Crippen LogP contribution in [0, 0.1) is 6.92 Å². The Morgan fingerprint density at radius 1 is 1.27 bits per heavy atom. The zero-order chi connectivity index (χ0) is 18.3. The van der Waals surface area contributed by atoms with E-state index in [1.165, 1.54) is 6.33 Å². The predicted octanol–water partition coefficient (Wildman–Crippen LogP) is 1.44. The molecule has 0 saturated carbocycles. The molecule has 4 heterocycles. The summed E-state index contributed by atoms with van der Waals surface area (Å²) in [6.07, 6.45) is 5.56. The van der Waals surface area contributed by atoms with Crippen molar-refractivity contribution in [3.63, 3.8) is 0 Å². The minimum absolute atomic E-state index is 0.0513. The van der Waals surface area contributed by atoms with Crippen LogP contribution in [0.2, 0.25) is 0 Å². The van der Waals surface area contributed by atoms with Crippen molar-refractivity contribution in [2.45, 2.75) is 45.1 Å². The van der Waals surface area contributed by atoms with Gasteiger partial charge < -0.3 is 19.2 Å². The van der Waals surface area contributed by atoms with Gasteiger partial charge in [0, 0.05) is 32.1 Å². The zero-order valence-corrected chi connectivity index (χ0v) is 14.8. The second-order valence-corrected chi connectivity index (χ2v) is 7.04. The lowest BCUT2D eigenvalue weighted by molar-refractivity contribution is -0.136. The number of hydrogen-bond donors (Lipinski definition) is 1. The number of aryl methyl sites for hydroxylation is 1. The molecule has 2 saturated heterocycles. The van der Waals surface area contributed by atoms with E-state index in [1.807, 2.05) is 4.90 Å². The average molecular weight is 358 g/mol. The Bertz CT molecular complexity index is 916. The number of aromatic amines is 1. The van der Waals surface area contributed by atoms with Crippen molar-refractivity contribution in [1.82, 2.24) is 19.8 Å². The van der Waals surface area contributed by atoms with Gasteiger partial charge in [0.05, 0.1) is 11.9 Å². The maximum Gasteiger partial charge on any atom is 0.262 e. The molecule has 1 N–H and O–H groups in total. The SMILES string of the molecule is Cc1oc2nc[nH]c(=O)c2c1C(=O)N1CCCC(N2CCCCC2=O)C1. The summed E-state index contributed by atoms with van der Waals surface area (Å²) >= 11 is 0. The quantitative estimate of drug-likeness (QED) is 0.876. The molecule has 4 rings (SSSR count). The Labute approximate surface area is 150 Å². The minimum Gasteiger partial charge on any atom is -0.442 e. The number of carbonyl (C=O) groups excluding carboxylic acids is 2. The van der Waals surface area contributed by atoms with E-state index in [2.05, 4.69) is 9.97 Å². The van der Waals surface area contributed by atoms with Crippen molar-refractivity contribution in [2.75, 3.05) is 19.6 Å². The molecule has 2 amide bonds. The highest BCUT2D eigenvalue weighted by molar-refractivity contribution is 6.06. The Kier molecular flexibility index (Phi) is 4.26. The fraction of sp³-hybridized carbons (Fsp3) is 0.556. The Balaban J connectivity index is 1.61. The number of rotatable bonds is 2. The third kappa shape index (κ3) is 2.79. The smallest absolute Gasteiger partial charge is 0.262 e. The van der Waals surface area contributed by atoms with E-state index in [1.54, 1.807) is 11.8 Å². The van der Waals surface area contributed by atoms with E-state index in [0.717, 1.165) is 32.2 Å². The zero-order valence-electron chi connectivity index (χ0n) is 14.8. The second kappa shape index (κ2) is 6.59. The summed E-state index contributed by atoms with van der Waals surface area (Å²) in [6.45, 7) is 3.54. The molecule has 0 aliphatic carbocycles. The fourth-order valence-electron chi connectivity index (χ4n) is 4.08. The first kappa shape index (κ1) is 16.8. The molecule has 2 fully saturated rings. The molecule has 0 aromatic carbocycles. The van der Waals surface area contributed by atoms with Crippen LogP contribution in [0.1, 0.15) is 48.2 Å². The minimum atomic E-state index is -0.380. The van der Waals surface area contributed by atoms with Gasteiger partial charge in [0.25, 0.3) is 11.5 Å². The van der Waals surface area contributed by atoms with Gasteiger partial charge in [-0.25, -0.2) is 4.98 Å². The molecule has 8 nitrogen and oxygen atoms in total. The van der Waals surface area contributed by atoms with Gasteiger partial charge in [-0.05, 0) is 32.6 Å². The van der Waals surface area contributed by atoms with Crippen LogP contribution in [-0.4, -0.2) is 57.3 Å². The van der Waals surface area contributed by atoms with Gasteiger partial charge in [-0.2, -0.15) is 0 Å². The monoisotopic (exact) mass is 358 g/mol. The van der Waals surface area contributed by atoms with Crippen molar-refractivity contribution in [1.29, 1.82) is 0 Å². The van der Waals surface area contributed by atoms with Gasteiger partial charge in [-0.1, -0.05) is 0 Å². The number of piperidine rings is 2. The standard InChI is InChI=1S/C18H22N4O4/c1-11-14(15-16(24)19-10-20-17(15)26-11)18(25)21-7-4-5-12(9-21)22-8-3-2-6-13(22)23/h10,12H,2-9H2,1H3,(H,19,20,24). The number of likely N-dealkylation sites (tertiary alicyclic amines) is 2. The molecule has 1 unspecified atom stereocenters. The topological polar surface area (TPSA) is 99.5 Å². The van der Waals surface area contributed by atoms with Crippen molar-refractivity contribution in [2.24, 2.45) is 0 Å². The van der Waals surface area contributed by atoms with Crippen LogP contribution >= 0.6 is 0 Å². The third-order valence-corrected chi connectivity index (χ3v) is 5.37. The largest absolute Gasteiger partial charge is 0.442 e. The molecule has 8 heteroatoms. The van der Waals surface area contributed by atoms with Crippen LogP contribution in [0.25, 0.3) is 11.1 Å². The number of H-pyrrole nitrogens is 1. The van der Waals surface area contributed by atoms with E-state index in [-0.39, 0.29) is 40.1 Å². The number of nitrogens with one attached hydrogen (secondary N) is 1. The Morgan fingerprint density at radius 2 is 2.12 bits per heavy atom. The number of aromatic nitrogens is 2. The van der Waals surface area contributed by atoms with Gasteiger partial charge in [0.2, 0.25) is 11.6 Å². The normalized spacial score (nSPS) is 21.4. The summed E-state index contributed by atoms with van der Waals surface area (Å²) in [7, 11) is 0. The summed E-state index contributed by atoms with van der Waals surface area (Å²) in [4.78, 5) is 47.7. The summed E-state index contributed by atoms with van der Waals surface area (Å²) in [5.74, 6) is 0.348. The highest BCUT2D eigenvalue weighted by atomic mass is 16.3. The van der Waals surface area contributed by atoms with Crippen molar-refractivity contribution in [3.8, 4) is 0 Å². The Morgan fingerprint density at radius 3 is 2.92 bits per heavy atom. The number of amides is 2. The highest BCUT2D eigenvalue weighted by Crippen LogP contribution is 2.26. The van der Waals surface area contributed by atoms with Gasteiger partial charge in [-0.15, -0.1) is 0 Å². The van der Waals surface area contributed by atoms with E-state index in [9.17, 15) is 14.4 Å². The fourth-order valence-corrected chi connectivity index (χ4v) is 4.08. The number of hydrogen-bond acceptors (Lipinski definition) is 5. The van der Waals surface area contributed by atoms with Crippen LogP contribution in [0.5, 0.6) is 0 Å². The van der Waals surface area contributed by atoms with Crippen molar-refractivity contribution < 1.29 is 14.0 Å². The maximum atomic E-state index is 13.1. The van der Waals surface area contributed by atoms with Crippen molar-refractivity contribution in [3.05, 3.63) is 28.0 Å². The lowest BCUT2D eigenvalue weighted by Gasteiger charge is -2.41. The molecule has 0 bridgehead atoms. The lowest BCUT2D eigenvalue weighted by Crippen LogP contribution is -2.53. The van der Waals surface area contributed by atoms with E-state index in [0.29, 0.717) is 25.3 Å². The predicted molar refractivity (Wildman–Crippen MR) is 93.9 cm³/mol. The molecule has 2 aliphatic rings. The molecular formula is C18H22N4O4. The van der Waals surface area contributed by atoms with Crippen LogP contribution in [0.4, 0.5) is 0 Å². The molecule has 1 atom stereocenters. The summed E-state index contributed by atoms with van der Waals surface area (Å²) < 4.78 is 5.51. The molecule has 26 heavy (non-hydrogen) atoms. The molecule has 0 spiro atoms. The van der Waals surface area contributed by atoms with Crippen LogP contribution in [0.15, 0.2) is 15.5 Å². The lowest BCUT2D eigenvalue weighted by atomic mass is 9.99. The number of nitrogens with zero attached hydrogens (tertiary/aromatic N) is 3. The van der Waals surface area contributed by atoms with Crippen molar-refractivity contribution >= 4 is 22.9 Å². The summed E-state index contributed by atoms with van der Waals surface area (Å²) in [5, 5.41) is 0.200. The van der Waals surface area contributed by atoms with Crippen LogP contribution < -0.4 is 5.56 Å². The third-order valence-electron chi connectivity index (χ3n) is 5.37. The second-order valence-electron chi connectivity index (χ2n) is 7.04. The molecule has 2 aromatic heterocycles. The van der Waals surface area contributed by atoms with E-state index in [4.69, 9.17) is 4.42 Å². The van der Waals surface area contributed by atoms with Crippen LogP contribution in [-0.2, 0) is 4.79 Å². The first-order valence-electron chi connectivity index (χ1n) is 9.12. The van der Waals surface area contributed by atoms with Crippen LogP contribution in [0.3, 0.4) is 0 Å². The molecular weight excluding hydrogens is 336 g/mol. The van der Waals surface area contributed by atoms with E-state index >= 15 is 0 Å². The molecule has 138 valence electrons. The first-order chi connectivity index (χ1) is 12.6. The van der Waals surface area contributed by atoms with Gasteiger partial charge in [0.15, 0.2) is 0 Å². The Hall–Kier alpha value is -2.64. The van der Waals surface area contributed by atoms with Gasteiger partial charge >= 0.3 is 0 Å². The van der Waals surface area contributed by atoms with Gasteiger partial charge in [0.1, 0.15) is 11.1 Å². The molecule has 2 aromatic rings. The number of carbonyl (C=O) groups is 2.